The summed E-state index contributed by atoms with van der Waals surface area (Å²) in [6.45, 7) is 2.15. The van der Waals surface area contributed by atoms with Crippen molar-refractivity contribution in [2.75, 3.05) is 18.0 Å². The Morgan fingerprint density at radius 3 is 2.74 bits per heavy atom. The normalized spacial score (nSPS) is 14.5. The maximum atomic E-state index is 11.1. The smallest absolute Gasteiger partial charge is 0.335 e. The average Bonchev–Trinajstić information content (AvgIpc) is 3.23. The van der Waals surface area contributed by atoms with Gasteiger partial charge in [-0.3, -0.25) is 0 Å². The van der Waals surface area contributed by atoms with Crippen LogP contribution in [-0.2, 0) is 0 Å². The van der Waals surface area contributed by atoms with E-state index >= 15 is 0 Å². The van der Waals surface area contributed by atoms with Crippen molar-refractivity contribution in [3.8, 4) is 11.5 Å². The molecule has 1 N–H and O–H groups in total. The predicted octanol–water partition coefficient (Wildman–Crippen LogP) is 3.79. The van der Waals surface area contributed by atoms with Crippen molar-refractivity contribution in [1.82, 2.24) is 4.98 Å². The number of hydrogen-bond acceptors (Lipinski definition) is 4. The van der Waals surface area contributed by atoms with Crippen LogP contribution in [0.2, 0.25) is 0 Å². The summed E-state index contributed by atoms with van der Waals surface area (Å²) < 4.78 is 5.86. The van der Waals surface area contributed by atoms with Gasteiger partial charge in [0.25, 0.3) is 0 Å². The molecule has 2 aromatic carbocycles. The molecule has 1 fully saturated rings. The summed E-state index contributed by atoms with van der Waals surface area (Å²) in [5, 5.41) is 9.10. The van der Waals surface area contributed by atoms with E-state index in [1.165, 1.54) is 12.8 Å². The highest BCUT2D eigenvalue weighted by Gasteiger charge is 2.15. The lowest BCUT2D eigenvalue weighted by molar-refractivity contribution is 0.0697. The van der Waals surface area contributed by atoms with Crippen LogP contribution in [0.5, 0.6) is 0 Å². The molecule has 1 aliphatic rings. The first-order chi connectivity index (χ1) is 11.2. The summed E-state index contributed by atoms with van der Waals surface area (Å²) in [6.07, 6.45) is 2.45. The summed E-state index contributed by atoms with van der Waals surface area (Å²) in [6, 6.07) is 12.7. The lowest BCUT2D eigenvalue weighted by Gasteiger charge is -2.16. The number of rotatable bonds is 3. The van der Waals surface area contributed by atoms with Crippen LogP contribution in [0, 0.1) is 0 Å². The van der Waals surface area contributed by atoms with E-state index in [0.29, 0.717) is 11.5 Å². The average molecular weight is 308 g/mol. The van der Waals surface area contributed by atoms with E-state index in [2.05, 4.69) is 16.0 Å². The lowest BCUT2D eigenvalue weighted by atomic mass is 10.1. The second-order valence-electron chi connectivity index (χ2n) is 5.75. The second-order valence-corrected chi connectivity index (χ2v) is 5.75. The van der Waals surface area contributed by atoms with Crippen LogP contribution in [0.15, 0.2) is 46.9 Å². The zero-order chi connectivity index (χ0) is 15.8. The molecule has 0 saturated carbocycles. The van der Waals surface area contributed by atoms with Gasteiger partial charge in [0, 0.05) is 30.4 Å². The Morgan fingerprint density at radius 2 is 1.96 bits per heavy atom. The van der Waals surface area contributed by atoms with Gasteiger partial charge in [0.2, 0.25) is 5.89 Å². The third-order valence-corrected chi connectivity index (χ3v) is 4.20. The first kappa shape index (κ1) is 13.8. The van der Waals surface area contributed by atoms with Gasteiger partial charge in [0.1, 0.15) is 5.52 Å². The zero-order valence-electron chi connectivity index (χ0n) is 12.5. The van der Waals surface area contributed by atoms with E-state index in [1.54, 1.807) is 24.3 Å². The Bertz CT molecular complexity index is 879. The van der Waals surface area contributed by atoms with Gasteiger partial charge < -0.3 is 14.4 Å². The van der Waals surface area contributed by atoms with Crippen molar-refractivity contribution in [3.63, 3.8) is 0 Å². The monoisotopic (exact) mass is 308 g/mol. The SMILES string of the molecule is O=C(O)c1cccc(-c2nc3ccc(N4CCCC4)cc3o2)c1. The molecule has 1 aliphatic heterocycles. The lowest BCUT2D eigenvalue weighted by Crippen LogP contribution is -2.17. The molecule has 0 spiro atoms. The van der Waals surface area contributed by atoms with E-state index in [9.17, 15) is 4.79 Å². The molecule has 23 heavy (non-hydrogen) atoms. The summed E-state index contributed by atoms with van der Waals surface area (Å²) in [5.41, 5.74) is 3.55. The van der Waals surface area contributed by atoms with Gasteiger partial charge in [0.15, 0.2) is 5.58 Å². The predicted molar refractivity (Wildman–Crippen MR) is 87.9 cm³/mol. The van der Waals surface area contributed by atoms with Crippen LogP contribution in [0.1, 0.15) is 23.2 Å². The second kappa shape index (κ2) is 5.43. The third-order valence-electron chi connectivity index (χ3n) is 4.20. The molecule has 0 radical (unpaired) electrons. The summed E-state index contributed by atoms with van der Waals surface area (Å²) >= 11 is 0. The number of nitrogens with zero attached hydrogens (tertiary/aromatic N) is 2. The molecule has 4 rings (SSSR count). The summed E-state index contributed by atoms with van der Waals surface area (Å²) in [7, 11) is 0. The first-order valence-electron chi connectivity index (χ1n) is 7.70. The quantitative estimate of drug-likeness (QED) is 0.797. The van der Waals surface area contributed by atoms with Gasteiger partial charge in [-0.15, -0.1) is 0 Å². The molecule has 5 heteroatoms. The number of aromatic nitrogens is 1. The fourth-order valence-electron chi connectivity index (χ4n) is 2.99. The van der Waals surface area contributed by atoms with Gasteiger partial charge in [0.05, 0.1) is 5.56 Å². The number of benzene rings is 2. The Hall–Kier alpha value is -2.82. The fraction of sp³-hybridized carbons (Fsp3) is 0.222. The number of carboxylic acid groups (broad SMARTS) is 1. The Balaban J connectivity index is 1.73. The molecule has 0 aliphatic carbocycles. The number of anilines is 1. The molecule has 1 aromatic heterocycles. The van der Waals surface area contributed by atoms with Crippen molar-refractivity contribution in [1.29, 1.82) is 0 Å². The highest BCUT2D eigenvalue weighted by molar-refractivity contribution is 5.89. The molecular weight excluding hydrogens is 292 g/mol. The minimum absolute atomic E-state index is 0.225. The molecule has 0 bridgehead atoms. The van der Waals surface area contributed by atoms with E-state index in [-0.39, 0.29) is 5.56 Å². The van der Waals surface area contributed by atoms with Gasteiger partial charge in [-0.25, -0.2) is 9.78 Å². The number of carbonyl (C=O) groups is 1. The Kier molecular flexibility index (Phi) is 3.26. The number of fused-ring (bicyclic) bond motifs is 1. The van der Waals surface area contributed by atoms with Gasteiger partial charge >= 0.3 is 5.97 Å². The molecule has 0 unspecified atom stereocenters. The molecule has 116 valence electrons. The van der Waals surface area contributed by atoms with Crippen LogP contribution < -0.4 is 4.90 Å². The number of hydrogen-bond donors (Lipinski definition) is 1. The van der Waals surface area contributed by atoms with E-state index < -0.39 is 5.97 Å². The minimum Gasteiger partial charge on any atom is -0.478 e. The topological polar surface area (TPSA) is 66.6 Å². The highest BCUT2D eigenvalue weighted by atomic mass is 16.4. The first-order valence-corrected chi connectivity index (χ1v) is 7.70. The highest BCUT2D eigenvalue weighted by Crippen LogP contribution is 2.29. The summed E-state index contributed by atoms with van der Waals surface area (Å²) in [5.74, 6) is -0.513. The molecule has 2 heterocycles. The maximum Gasteiger partial charge on any atom is 0.335 e. The van der Waals surface area contributed by atoms with Crippen molar-refractivity contribution in [3.05, 3.63) is 48.0 Å². The van der Waals surface area contributed by atoms with Crippen LogP contribution in [-0.4, -0.2) is 29.1 Å². The number of carboxylic acids is 1. The number of oxazole rings is 1. The summed E-state index contributed by atoms with van der Waals surface area (Å²) in [4.78, 5) is 17.9. The largest absolute Gasteiger partial charge is 0.478 e. The van der Waals surface area contributed by atoms with Gasteiger partial charge in [-0.1, -0.05) is 6.07 Å². The molecule has 0 atom stereocenters. The van der Waals surface area contributed by atoms with Gasteiger partial charge in [-0.2, -0.15) is 0 Å². The van der Waals surface area contributed by atoms with Crippen LogP contribution in [0.3, 0.4) is 0 Å². The Morgan fingerprint density at radius 1 is 1.13 bits per heavy atom. The molecule has 3 aromatic rings. The maximum absolute atomic E-state index is 11.1. The van der Waals surface area contributed by atoms with E-state index in [4.69, 9.17) is 9.52 Å². The van der Waals surface area contributed by atoms with Crippen molar-refractivity contribution in [2.24, 2.45) is 0 Å². The van der Waals surface area contributed by atoms with Crippen molar-refractivity contribution < 1.29 is 14.3 Å². The number of aromatic carboxylic acids is 1. The molecule has 5 nitrogen and oxygen atoms in total. The fourth-order valence-corrected chi connectivity index (χ4v) is 2.99. The molecule has 1 saturated heterocycles. The Labute approximate surface area is 133 Å². The zero-order valence-corrected chi connectivity index (χ0v) is 12.5. The van der Waals surface area contributed by atoms with Crippen molar-refractivity contribution in [2.45, 2.75) is 12.8 Å². The molecular formula is C18H16N2O3. The van der Waals surface area contributed by atoms with E-state index in [1.807, 2.05) is 12.1 Å². The third kappa shape index (κ3) is 2.54. The minimum atomic E-state index is -0.959. The standard InChI is InChI=1S/C18H16N2O3/c21-18(22)13-5-3-4-12(10-13)17-19-15-7-6-14(11-16(15)23-17)20-8-1-2-9-20/h3-7,10-11H,1-2,8-9H2,(H,21,22). The van der Waals surface area contributed by atoms with E-state index in [0.717, 1.165) is 29.9 Å². The van der Waals surface area contributed by atoms with Crippen LogP contribution in [0.25, 0.3) is 22.6 Å². The van der Waals surface area contributed by atoms with Gasteiger partial charge in [-0.05, 0) is 43.2 Å². The van der Waals surface area contributed by atoms with Crippen LogP contribution in [0.4, 0.5) is 5.69 Å². The van der Waals surface area contributed by atoms with Crippen LogP contribution >= 0.6 is 0 Å². The molecule has 0 amide bonds. The van der Waals surface area contributed by atoms with Crippen molar-refractivity contribution >= 4 is 22.8 Å².